The fraction of sp³-hybridized carbons (Fsp3) is 0.545. The number of ether oxygens (including phenoxy) is 1. The number of thiophene rings is 1. The van der Waals surface area contributed by atoms with Crippen molar-refractivity contribution in [2.75, 3.05) is 12.4 Å². The maximum atomic E-state index is 12.0. The summed E-state index contributed by atoms with van der Waals surface area (Å²) in [6.07, 6.45) is 3.32. The third-order valence-electron chi connectivity index (χ3n) is 2.98. The second-order valence-corrected chi connectivity index (χ2v) is 5.54. The highest BCUT2D eigenvalue weighted by atomic mass is 79.9. The quantitative estimate of drug-likeness (QED) is 0.869. The molecule has 1 heterocycles. The van der Waals surface area contributed by atoms with Gasteiger partial charge in [0, 0.05) is 16.8 Å². The molecular weight excluding hydrogens is 290 g/mol. The third-order valence-corrected chi connectivity index (χ3v) is 4.96. The number of amides is 1. The molecule has 0 bridgehead atoms. The molecule has 16 heavy (non-hydrogen) atoms. The van der Waals surface area contributed by atoms with Gasteiger partial charge in [0.15, 0.2) is 0 Å². The van der Waals surface area contributed by atoms with E-state index in [-0.39, 0.29) is 11.4 Å². The summed E-state index contributed by atoms with van der Waals surface area (Å²) >= 11 is 4.88. The molecule has 1 aromatic heterocycles. The van der Waals surface area contributed by atoms with E-state index in [2.05, 4.69) is 21.2 Å². The smallest absolute Gasteiger partial charge is 0.261 e. The first-order valence-corrected chi connectivity index (χ1v) is 7.20. The molecule has 1 amide bonds. The van der Waals surface area contributed by atoms with Crippen LogP contribution in [0.15, 0.2) is 11.4 Å². The van der Waals surface area contributed by atoms with Crippen LogP contribution in [0.4, 0.5) is 0 Å². The predicted octanol–water partition coefficient (Wildman–Crippen LogP) is 2.80. The lowest BCUT2D eigenvalue weighted by Crippen LogP contribution is -2.54. The number of nitrogens with one attached hydrogen (secondary N) is 1. The summed E-state index contributed by atoms with van der Waals surface area (Å²) in [6.45, 7) is 0. The molecule has 5 heteroatoms. The van der Waals surface area contributed by atoms with Crippen LogP contribution in [0.3, 0.4) is 0 Å². The number of hydrogen-bond donors (Lipinski definition) is 1. The lowest BCUT2D eigenvalue weighted by molar-refractivity contribution is 0.0860. The summed E-state index contributed by atoms with van der Waals surface area (Å²) in [5, 5.41) is 5.77. The summed E-state index contributed by atoms with van der Waals surface area (Å²) in [7, 11) is 1.61. The highest BCUT2D eigenvalue weighted by molar-refractivity contribution is 9.09. The highest BCUT2D eigenvalue weighted by Gasteiger charge is 2.37. The molecule has 0 saturated heterocycles. The number of rotatable bonds is 4. The molecule has 0 unspecified atom stereocenters. The Morgan fingerprint density at radius 2 is 2.44 bits per heavy atom. The Hall–Kier alpha value is -0.550. The summed E-state index contributed by atoms with van der Waals surface area (Å²) in [5.41, 5.74) is -0.0195. The Morgan fingerprint density at radius 3 is 2.88 bits per heavy atom. The van der Waals surface area contributed by atoms with Crippen LogP contribution in [-0.2, 0) is 0 Å². The van der Waals surface area contributed by atoms with Crippen LogP contribution in [-0.4, -0.2) is 23.9 Å². The van der Waals surface area contributed by atoms with E-state index in [0.717, 1.165) is 23.9 Å². The van der Waals surface area contributed by atoms with Gasteiger partial charge in [-0.15, -0.1) is 11.3 Å². The van der Waals surface area contributed by atoms with E-state index in [0.29, 0.717) is 4.88 Å². The van der Waals surface area contributed by atoms with E-state index >= 15 is 0 Å². The summed E-state index contributed by atoms with van der Waals surface area (Å²) in [6, 6.07) is 1.78. The average Bonchev–Trinajstić information content (AvgIpc) is 2.71. The maximum absolute atomic E-state index is 12.0. The molecule has 3 nitrogen and oxygen atoms in total. The molecular formula is C11H14BrNO2S. The van der Waals surface area contributed by atoms with Gasteiger partial charge in [0.2, 0.25) is 0 Å². The van der Waals surface area contributed by atoms with Crippen molar-refractivity contribution in [2.45, 2.75) is 24.8 Å². The SMILES string of the molecule is COc1csc(C(=O)NC2(CBr)CCC2)c1. The van der Waals surface area contributed by atoms with Gasteiger partial charge in [-0.05, 0) is 19.3 Å². The Kier molecular flexibility index (Phi) is 3.54. The van der Waals surface area contributed by atoms with Crippen LogP contribution >= 0.6 is 27.3 Å². The van der Waals surface area contributed by atoms with Gasteiger partial charge in [-0.2, -0.15) is 0 Å². The summed E-state index contributed by atoms with van der Waals surface area (Å²) in [4.78, 5) is 12.7. The van der Waals surface area contributed by atoms with Crippen LogP contribution in [0, 0.1) is 0 Å². The van der Waals surface area contributed by atoms with Crippen molar-refractivity contribution in [2.24, 2.45) is 0 Å². The molecule has 1 fully saturated rings. The summed E-state index contributed by atoms with van der Waals surface area (Å²) < 4.78 is 5.06. The van der Waals surface area contributed by atoms with Gasteiger partial charge in [0.1, 0.15) is 5.75 Å². The zero-order valence-corrected chi connectivity index (χ0v) is 11.5. The molecule has 1 aromatic rings. The number of methoxy groups -OCH3 is 1. The zero-order valence-electron chi connectivity index (χ0n) is 9.09. The number of carbonyl (C=O) groups excluding carboxylic acids is 1. The number of carbonyl (C=O) groups is 1. The Morgan fingerprint density at radius 1 is 1.69 bits per heavy atom. The number of alkyl halides is 1. The number of halogens is 1. The van der Waals surface area contributed by atoms with Crippen molar-refractivity contribution in [3.63, 3.8) is 0 Å². The van der Waals surface area contributed by atoms with E-state index in [1.165, 1.54) is 17.8 Å². The molecule has 0 aliphatic heterocycles. The third kappa shape index (κ3) is 2.25. The lowest BCUT2D eigenvalue weighted by atomic mass is 9.78. The van der Waals surface area contributed by atoms with Gasteiger partial charge in [-0.1, -0.05) is 15.9 Å². The minimum Gasteiger partial charge on any atom is -0.496 e. The lowest BCUT2D eigenvalue weighted by Gasteiger charge is -2.41. The normalized spacial score (nSPS) is 17.6. The molecule has 1 aliphatic carbocycles. The van der Waals surface area contributed by atoms with Gasteiger partial charge >= 0.3 is 0 Å². The van der Waals surface area contributed by atoms with Crippen molar-refractivity contribution in [1.82, 2.24) is 5.32 Å². The van der Waals surface area contributed by atoms with E-state index in [9.17, 15) is 4.79 Å². The molecule has 1 aliphatic rings. The molecule has 1 N–H and O–H groups in total. The second kappa shape index (κ2) is 4.75. The van der Waals surface area contributed by atoms with Crippen LogP contribution in [0.5, 0.6) is 5.75 Å². The molecule has 0 aromatic carbocycles. The molecule has 0 radical (unpaired) electrons. The Labute approximate surface area is 107 Å². The fourth-order valence-electron chi connectivity index (χ4n) is 1.74. The van der Waals surface area contributed by atoms with Gasteiger partial charge in [0.25, 0.3) is 5.91 Å². The largest absolute Gasteiger partial charge is 0.496 e. The minimum atomic E-state index is -0.0195. The average molecular weight is 304 g/mol. The number of hydrogen-bond acceptors (Lipinski definition) is 3. The first-order chi connectivity index (χ1) is 7.69. The molecule has 1 saturated carbocycles. The molecule has 0 atom stereocenters. The highest BCUT2D eigenvalue weighted by Crippen LogP contribution is 2.34. The Bertz CT molecular complexity index is 382. The van der Waals surface area contributed by atoms with E-state index in [1.54, 1.807) is 13.2 Å². The van der Waals surface area contributed by atoms with Crippen LogP contribution < -0.4 is 10.1 Å². The van der Waals surface area contributed by atoms with E-state index in [4.69, 9.17) is 4.74 Å². The fourth-order valence-corrected chi connectivity index (χ4v) is 3.19. The van der Waals surface area contributed by atoms with Crippen molar-refractivity contribution in [3.05, 3.63) is 16.3 Å². The van der Waals surface area contributed by atoms with Crippen LogP contribution in [0.1, 0.15) is 28.9 Å². The van der Waals surface area contributed by atoms with E-state index in [1.807, 2.05) is 5.38 Å². The minimum absolute atomic E-state index is 0.00690. The summed E-state index contributed by atoms with van der Waals surface area (Å²) in [5.74, 6) is 0.754. The zero-order chi connectivity index (χ0) is 11.6. The van der Waals surface area contributed by atoms with Gasteiger partial charge in [-0.25, -0.2) is 0 Å². The topological polar surface area (TPSA) is 38.3 Å². The maximum Gasteiger partial charge on any atom is 0.261 e. The molecule has 0 spiro atoms. The predicted molar refractivity (Wildman–Crippen MR) is 68.7 cm³/mol. The van der Waals surface area contributed by atoms with Crippen LogP contribution in [0.2, 0.25) is 0 Å². The van der Waals surface area contributed by atoms with Crippen molar-refractivity contribution in [3.8, 4) is 5.75 Å². The van der Waals surface area contributed by atoms with Gasteiger partial charge < -0.3 is 10.1 Å². The van der Waals surface area contributed by atoms with Gasteiger partial charge in [-0.3, -0.25) is 4.79 Å². The van der Waals surface area contributed by atoms with Crippen LogP contribution in [0.25, 0.3) is 0 Å². The first-order valence-electron chi connectivity index (χ1n) is 5.20. The van der Waals surface area contributed by atoms with Crippen molar-refractivity contribution < 1.29 is 9.53 Å². The van der Waals surface area contributed by atoms with Crippen molar-refractivity contribution >= 4 is 33.2 Å². The monoisotopic (exact) mass is 303 g/mol. The molecule has 88 valence electrons. The Balaban J connectivity index is 2.02. The molecule has 2 rings (SSSR count). The standard InChI is InChI=1S/C11H14BrNO2S/c1-15-8-5-9(16-6-8)10(14)13-11(7-12)3-2-4-11/h5-6H,2-4,7H2,1H3,(H,13,14). The van der Waals surface area contributed by atoms with Gasteiger partial charge in [0.05, 0.1) is 17.5 Å². The van der Waals surface area contributed by atoms with Crippen molar-refractivity contribution in [1.29, 1.82) is 0 Å². The first kappa shape index (κ1) is 11.9. The van der Waals surface area contributed by atoms with E-state index < -0.39 is 0 Å². The second-order valence-electron chi connectivity index (χ2n) is 4.07.